The lowest BCUT2D eigenvalue weighted by molar-refractivity contribution is 0.506. The molecule has 0 fully saturated rings. The average Bonchev–Trinajstić information content (AvgIpc) is 2.83. The minimum atomic E-state index is 0.206. The summed E-state index contributed by atoms with van der Waals surface area (Å²) >= 11 is 0. The minimum absolute atomic E-state index is 0.206. The zero-order chi connectivity index (χ0) is 16.1. The van der Waals surface area contributed by atoms with Gasteiger partial charge in [-0.15, -0.1) is 0 Å². The molecule has 0 amide bonds. The highest BCUT2D eigenvalue weighted by atomic mass is 14.3. The molecule has 0 heteroatoms. The topological polar surface area (TPSA) is 0 Å². The molecule has 3 rings (SSSR count). The van der Waals surface area contributed by atoms with E-state index in [1.54, 1.807) is 0 Å². The molecule has 116 valence electrons. The van der Waals surface area contributed by atoms with Crippen LogP contribution in [0.4, 0.5) is 0 Å². The van der Waals surface area contributed by atoms with Crippen molar-refractivity contribution in [1.29, 1.82) is 0 Å². The molecule has 0 spiro atoms. The molecule has 22 heavy (non-hydrogen) atoms. The molecule has 2 aromatic rings. The summed E-state index contributed by atoms with van der Waals surface area (Å²) in [6.45, 7) is 13.8. The normalized spacial score (nSPS) is 13.9. The molecule has 0 radical (unpaired) electrons. The van der Waals surface area contributed by atoms with Crippen molar-refractivity contribution < 1.29 is 0 Å². The molecular formula is C22H28. The number of rotatable bonds is 2. The average molecular weight is 292 g/mol. The van der Waals surface area contributed by atoms with E-state index in [2.05, 4.69) is 77.9 Å². The Kier molecular flexibility index (Phi) is 3.47. The van der Waals surface area contributed by atoms with Crippen LogP contribution in [0.25, 0.3) is 11.1 Å². The molecule has 0 nitrogen and oxygen atoms in total. The van der Waals surface area contributed by atoms with E-state index in [0.29, 0.717) is 0 Å². The van der Waals surface area contributed by atoms with E-state index in [9.17, 15) is 0 Å². The van der Waals surface area contributed by atoms with Crippen LogP contribution in [0.1, 0.15) is 70.2 Å². The van der Waals surface area contributed by atoms with Crippen molar-refractivity contribution in [3.63, 3.8) is 0 Å². The van der Waals surface area contributed by atoms with Crippen molar-refractivity contribution in [3.8, 4) is 11.1 Å². The van der Waals surface area contributed by atoms with E-state index < -0.39 is 0 Å². The fourth-order valence-electron chi connectivity index (χ4n) is 3.26. The van der Waals surface area contributed by atoms with Gasteiger partial charge in [-0.3, -0.25) is 0 Å². The van der Waals surface area contributed by atoms with E-state index in [1.165, 1.54) is 39.8 Å². The molecule has 0 bridgehead atoms. The van der Waals surface area contributed by atoms with Crippen LogP contribution in [0.2, 0.25) is 0 Å². The summed E-state index contributed by atoms with van der Waals surface area (Å²) in [7, 11) is 0. The van der Waals surface area contributed by atoms with Gasteiger partial charge >= 0.3 is 0 Å². The van der Waals surface area contributed by atoms with Gasteiger partial charge in [0.15, 0.2) is 0 Å². The smallest absolute Gasteiger partial charge is 0.00134 e. The standard InChI is InChI=1S/C22H28/c1-7-22(5,6)18-11-9-16-12-15-8-10-17(21(2,3)4)13-19(15)20(16)14-18/h8-11,13-14H,7,12H2,1-6H3. The summed E-state index contributed by atoms with van der Waals surface area (Å²) in [5.41, 5.74) is 9.22. The first-order chi connectivity index (χ1) is 10.2. The molecule has 0 N–H and O–H groups in total. The molecule has 2 aromatic carbocycles. The van der Waals surface area contributed by atoms with Crippen molar-refractivity contribution in [2.24, 2.45) is 0 Å². The van der Waals surface area contributed by atoms with Gasteiger partial charge < -0.3 is 0 Å². The van der Waals surface area contributed by atoms with E-state index >= 15 is 0 Å². The Balaban J connectivity index is 2.13. The number of fused-ring (bicyclic) bond motifs is 3. The van der Waals surface area contributed by atoms with Gasteiger partial charge in [0.1, 0.15) is 0 Å². The van der Waals surface area contributed by atoms with Gasteiger partial charge in [-0.05, 0) is 57.1 Å². The largest absolute Gasteiger partial charge is 0.0646 e. The van der Waals surface area contributed by atoms with Crippen LogP contribution in [0.5, 0.6) is 0 Å². The number of hydrogen-bond donors (Lipinski definition) is 0. The first-order valence-corrected chi connectivity index (χ1v) is 8.49. The molecule has 0 unspecified atom stereocenters. The van der Waals surface area contributed by atoms with Crippen LogP contribution < -0.4 is 0 Å². The van der Waals surface area contributed by atoms with Gasteiger partial charge in [-0.2, -0.15) is 0 Å². The Bertz CT molecular complexity index is 711. The Morgan fingerprint density at radius 2 is 1.27 bits per heavy atom. The van der Waals surface area contributed by atoms with Crippen LogP contribution in [0.3, 0.4) is 0 Å². The summed E-state index contributed by atoms with van der Waals surface area (Å²) in [6, 6.07) is 14.2. The van der Waals surface area contributed by atoms with Crippen molar-refractivity contribution in [2.45, 2.75) is 65.2 Å². The quantitative estimate of drug-likeness (QED) is 0.524. The monoisotopic (exact) mass is 292 g/mol. The second kappa shape index (κ2) is 4.98. The molecule has 0 heterocycles. The van der Waals surface area contributed by atoms with E-state index in [0.717, 1.165) is 6.42 Å². The second-order valence-electron chi connectivity index (χ2n) is 8.41. The fraction of sp³-hybridized carbons (Fsp3) is 0.455. The van der Waals surface area contributed by atoms with Crippen LogP contribution in [0.15, 0.2) is 36.4 Å². The highest BCUT2D eigenvalue weighted by molar-refractivity contribution is 5.78. The van der Waals surface area contributed by atoms with Crippen molar-refractivity contribution >= 4 is 0 Å². The van der Waals surface area contributed by atoms with Crippen LogP contribution >= 0.6 is 0 Å². The van der Waals surface area contributed by atoms with Crippen molar-refractivity contribution in [3.05, 3.63) is 58.7 Å². The predicted octanol–water partition coefficient (Wildman–Crippen LogP) is 6.24. The number of hydrogen-bond acceptors (Lipinski definition) is 0. The number of benzene rings is 2. The summed E-state index contributed by atoms with van der Waals surface area (Å²) in [5, 5.41) is 0. The maximum atomic E-state index is 2.44. The van der Waals surface area contributed by atoms with Crippen molar-refractivity contribution in [1.82, 2.24) is 0 Å². The van der Waals surface area contributed by atoms with Gasteiger partial charge in [-0.1, -0.05) is 77.9 Å². The van der Waals surface area contributed by atoms with E-state index in [4.69, 9.17) is 0 Å². The summed E-state index contributed by atoms with van der Waals surface area (Å²) in [5.74, 6) is 0. The fourth-order valence-corrected chi connectivity index (χ4v) is 3.26. The van der Waals surface area contributed by atoms with Gasteiger partial charge in [0.05, 0.1) is 0 Å². The van der Waals surface area contributed by atoms with Crippen LogP contribution in [0, 0.1) is 0 Å². The van der Waals surface area contributed by atoms with Gasteiger partial charge in [0.25, 0.3) is 0 Å². The Morgan fingerprint density at radius 3 is 1.77 bits per heavy atom. The highest BCUT2D eigenvalue weighted by Crippen LogP contribution is 2.41. The molecule has 1 aliphatic rings. The lowest BCUT2D eigenvalue weighted by atomic mass is 9.80. The maximum Gasteiger partial charge on any atom is -0.00134 e. The molecule has 0 aliphatic heterocycles. The first-order valence-electron chi connectivity index (χ1n) is 8.49. The predicted molar refractivity (Wildman–Crippen MR) is 96.7 cm³/mol. The first kappa shape index (κ1) is 15.3. The van der Waals surface area contributed by atoms with E-state index in [-0.39, 0.29) is 10.8 Å². The summed E-state index contributed by atoms with van der Waals surface area (Å²) in [6.07, 6.45) is 2.25. The molecule has 0 atom stereocenters. The highest BCUT2D eigenvalue weighted by Gasteiger charge is 2.25. The lowest BCUT2D eigenvalue weighted by Crippen LogP contribution is -2.15. The van der Waals surface area contributed by atoms with Gasteiger partial charge in [-0.25, -0.2) is 0 Å². The summed E-state index contributed by atoms with van der Waals surface area (Å²) < 4.78 is 0. The van der Waals surface area contributed by atoms with Gasteiger partial charge in [0, 0.05) is 0 Å². The second-order valence-corrected chi connectivity index (χ2v) is 8.41. The zero-order valence-corrected chi connectivity index (χ0v) is 14.9. The molecule has 0 aromatic heterocycles. The van der Waals surface area contributed by atoms with Crippen molar-refractivity contribution in [2.75, 3.05) is 0 Å². The minimum Gasteiger partial charge on any atom is -0.0646 e. The van der Waals surface area contributed by atoms with Crippen LogP contribution in [-0.4, -0.2) is 0 Å². The Hall–Kier alpha value is -1.56. The lowest BCUT2D eigenvalue weighted by Gasteiger charge is -2.24. The molecule has 0 saturated heterocycles. The summed E-state index contributed by atoms with van der Waals surface area (Å²) in [4.78, 5) is 0. The molecular weight excluding hydrogens is 264 g/mol. The third kappa shape index (κ3) is 2.49. The van der Waals surface area contributed by atoms with E-state index in [1.807, 2.05) is 0 Å². The van der Waals surface area contributed by atoms with Gasteiger partial charge in [0.2, 0.25) is 0 Å². The molecule has 0 saturated carbocycles. The third-order valence-corrected chi connectivity index (χ3v) is 5.42. The molecule has 1 aliphatic carbocycles. The Morgan fingerprint density at radius 1 is 0.773 bits per heavy atom. The third-order valence-electron chi connectivity index (χ3n) is 5.42. The van der Waals surface area contributed by atoms with Crippen LogP contribution in [-0.2, 0) is 17.3 Å². The Labute approximate surface area is 135 Å². The SMILES string of the molecule is CCC(C)(C)c1ccc2c(c1)-c1cc(C(C)(C)C)ccc1C2. The maximum absolute atomic E-state index is 2.44. The zero-order valence-electron chi connectivity index (χ0n) is 14.9.